The zero-order chi connectivity index (χ0) is 10.1. The molecule has 0 unspecified atom stereocenters. The molecule has 0 aliphatic rings. The Morgan fingerprint density at radius 2 is 2.29 bits per heavy atom. The van der Waals surface area contributed by atoms with Crippen LogP contribution in [-0.2, 0) is 6.54 Å². The second-order valence-electron chi connectivity index (χ2n) is 2.95. The summed E-state index contributed by atoms with van der Waals surface area (Å²) in [7, 11) is 0. The van der Waals surface area contributed by atoms with Crippen LogP contribution >= 0.6 is 11.6 Å². The van der Waals surface area contributed by atoms with Gasteiger partial charge >= 0.3 is 0 Å². The van der Waals surface area contributed by atoms with Gasteiger partial charge in [-0.25, -0.2) is 9.37 Å². The first-order valence-corrected chi connectivity index (χ1v) is 4.61. The molecule has 0 fully saturated rings. The van der Waals surface area contributed by atoms with Crippen LogP contribution in [0.15, 0.2) is 18.2 Å². The van der Waals surface area contributed by atoms with Crippen LogP contribution in [0, 0.1) is 5.82 Å². The summed E-state index contributed by atoms with van der Waals surface area (Å²) in [5.41, 5.74) is 6.78. The van der Waals surface area contributed by atoms with Crippen LogP contribution in [0.3, 0.4) is 0 Å². The van der Waals surface area contributed by atoms with E-state index < -0.39 is 0 Å². The highest BCUT2D eigenvalue weighted by Crippen LogP contribution is 2.20. The van der Waals surface area contributed by atoms with Gasteiger partial charge in [0.05, 0.1) is 11.0 Å². The van der Waals surface area contributed by atoms with Gasteiger partial charge in [-0.2, -0.15) is 0 Å². The van der Waals surface area contributed by atoms with Gasteiger partial charge in [0.25, 0.3) is 0 Å². The lowest BCUT2D eigenvalue weighted by atomic mass is 10.3. The maximum Gasteiger partial charge on any atom is 0.203 e. The summed E-state index contributed by atoms with van der Waals surface area (Å²) in [5.74, 6) is -0.299. The molecule has 0 atom stereocenters. The zero-order valence-corrected chi connectivity index (χ0v) is 8.13. The largest absolute Gasteiger partial charge is 0.329 e. The van der Waals surface area contributed by atoms with E-state index in [1.807, 2.05) is 0 Å². The normalized spacial score (nSPS) is 11.1. The van der Waals surface area contributed by atoms with E-state index in [-0.39, 0.29) is 5.82 Å². The third kappa shape index (κ3) is 1.47. The predicted octanol–water partition coefficient (Wildman–Crippen LogP) is 1.79. The van der Waals surface area contributed by atoms with Crippen LogP contribution in [0.25, 0.3) is 11.0 Å². The van der Waals surface area contributed by atoms with Gasteiger partial charge in [0.2, 0.25) is 5.28 Å². The van der Waals surface area contributed by atoms with Gasteiger partial charge in [-0.1, -0.05) is 0 Å². The molecule has 0 spiro atoms. The number of fused-ring (bicyclic) bond motifs is 1. The van der Waals surface area contributed by atoms with Crippen molar-refractivity contribution in [2.45, 2.75) is 6.54 Å². The van der Waals surface area contributed by atoms with Crippen LogP contribution in [-0.4, -0.2) is 16.1 Å². The van der Waals surface area contributed by atoms with Crippen molar-refractivity contribution >= 4 is 22.6 Å². The van der Waals surface area contributed by atoms with E-state index in [1.54, 1.807) is 10.6 Å². The summed E-state index contributed by atoms with van der Waals surface area (Å²) in [5, 5.41) is 0.344. The summed E-state index contributed by atoms with van der Waals surface area (Å²) < 4.78 is 14.6. The maximum atomic E-state index is 13.0. The number of halogens is 2. The van der Waals surface area contributed by atoms with Crippen molar-refractivity contribution in [3.63, 3.8) is 0 Å². The first-order valence-electron chi connectivity index (χ1n) is 4.23. The quantitative estimate of drug-likeness (QED) is 0.827. The molecule has 1 aromatic heterocycles. The Morgan fingerprint density at radius 3 is 3.00 bits per heavy atom. The van der Waals surface area contributed by atoms with Crippen molar-refractivity contribution in [1.82, 2.24) is 9.55 Å². The lowest BCUT2D eigenvalue weighted by Gasteiger charge is -2.02. The number of hydrogen-bond acceptors (Lipinski definition) is 2. The fourth-order valence-corrected chi connectivity index (χ4v) is 1.67. The van der Waals surface area contributed by atoms with E-state index in [9.17, 15) is 4.39 Å². The average Bonchev–Trinajstić information content (AvgIpc) is 2.45. The molecule has 0 saturated heterocycles. The number of imidazole rings is 1. The number of hydrogen-bond donors (Lipinski definition) is 1. The van der Waals surface area contributed by atoms with Crippen molar-refractivity contribution in [3.8, 4) is 0 Å². The molecular weight excluding hydrogens is 205 g/mol. The van der Waals surface area contributed by atoms with E-state index in [0.717, 1.165) is 0 Å². The van der Waals surface area contributed by atoms with Crippen molar-refractivity contribution in [3.05, 3.63) is 29.3 Å². The number of benzene rings is 1. The topological polar surface area (TPSA) is 43.8 Å². The van der Waals surface area contributed by atoms with Gasteiger partial charge in [0.1, 0.15) is 5.82 Å². The molecule has 1 heterocycles. The molecule has 2 aromatic rings. The summed E-state index contributed by atoms with van der Waals surface area (Å²) in [4.78, 5) is 4.08. The molecular formula is C9H9ClFN3. The fourth-order valence-electron chi connectivity index (χ4n) is 1.41. The first-order chi connectivity index (χ1) is 6.72. The summed E-state index contributed by atoms with van der Waals surface area (Å²) in [6, 6.07) is 4.37. The second-order valence-corrected chi connectivity index (χ2v) is 3.29. The standard InChI is InChI=1S/C9H9ClFN3/c10-9-13-7-2-1-6(11)5-8(7)14(9)4-3-12/h1-2,5H,3-4,12H2. The molecule has 2 rings (SSSR count). The smallest absolute Gasteiger partial charge is 0.203 e. The number of aromatic nitrogens is 2. The Bertz CT molecular complexity index is 466. The van der Waals surface area contributed by atoms with E-state index in [1.165, 1.54) is 12.1 Å². The lowest BCUT2D eigenvalue weighted by Crippen LogP contribution is -2.09. The summed E-state index contributed by atoms with van der Waals surface area (Å²) >= 11 is 5.87. The first kappa shape index (κ1) is 9.43. The van der Waals surface area contributed by atoms with Crippen molar-refractivity contribution in [2.75, 3.05) is 6.54 Å². The van der Waals surface area contributed by atoms with E-state index in [2.05, 4.69) is 4.98 Å². The molecule has 1 aromatic carbocycles. The molecule has 0 aliphatic heterocycles. The molecule has 0 radical (unpaired) electrons. The zero-order valence-electron chi connectivity index (χ0n) is 7.37. The summed E-state index contributed by atoms with van der Waals surface area (Å²) in [6.07, 6.45) is 0. The van der Waals surface area contributed by atoms with Gasteiger partial charge in [-0.05, 0) is 29.8 Å². The van der Waals surface area contributed by atoms with Crippen LogP contribution in [0.2, 0.25) is 5.28 Å². The SMILES string of the molecule is NCCn1c(Cl)nc2ccc(F)cc21. The number of nitrogens with zero attached hydrogens (tertiary/aromatic N) is 2. The van der Waals surface area contributed by atoms with E-state index in [4.69, 9.17) is 17.3 Å². The van der Waals surface area contributed by atoms with Crippen LogP contribution in [0.4, 0.5) is 4.39 Å². The van der Waals surface area contributed by atoms with Gasteiger partial charge in [0.15, 0.2) is 0 Å². The predicted molar refractivity (Wildman–Crippen MR) is 53.8 cm³/mol. The minimum Gasteiger partial charge on any atom is -0.329 e. The monoisotopic (exact) mass is 213 g/mol. The van der Waals surface area contributed by atoms with E-state index in [0.29, 0.717) is 29.4 Å². The molecule has 2 N–H and O–H groups in total. The van der Waals surface area contributed by atoms with Gasteiger partial charge in [0, 0.05) is 13.1 Å². The molecule has 5 heteroatoms. The molecule has 14 heavy (non-hydrogen) atoms. The minimum absolute atomic E-state index is 0.299. The van der Waals surface area contributed by atoms with Gasteiger partial charge in [-0.3, -0.25) is 0 Å². The Kier molecular flexibility index (Phi) is 2.39. The maximum absolute atomic E-state index is 13.0. The van der Waals surface area contributed by atoms with Crippen LogP contribution < -0.4 is 5.73 Å². The third-order valence-electron chi connectivity index (χ3n) is 2.02. The van der Waals surface area contributed by atoms with Gasteiger partial charge < -0.3 is 10.3 Å². The molecule has 74 valence electrons. The molecule has 0 amide bonds. The lowest BCUT2D eigenvalue weighted by molar-refractivity contribution is 0.627. The highest BCUT2D eigenvalue weighted by molar-refractivity contribution is 6.29. The Balaban J connectivity index is 2.66. The minimum atomic E-state index is -0.299. The number of rotatable bonds is 2. The second kappa shape index (κ2) is 3.55. The van der Waals surface area contributed by atoms with E-state index >= 15 is 0 Å². The number of nitrogens with two attached hydrogens (primary N) is 1. The highest BCUT2D eigenvalue weighted by Gasteiger charge is 2.08. The average molecular weight is 214 g/mol. The van der Waals surface area contributed by atoms with Gasteiger partial charge in [-0.15, -0.1) is 0 Å². The molecule has 0 aliphatic carbocycles. The van der Waals surface area contributed by atoms with Crippen molar-refractivity contribution < 1.29 is 4.39 Å². The fraction of sp³-hybridized carbons (Fsp3) is 0.222. The Labute approximate surface area is 85.3 Å². The van der Waals surface area contributed by atoms with Crippen molar-refractivity contribution in [1.29, 1.82) is 0 Å². The molecule has 3 nitrogen and oxygen atoms in total. The Morgan fingerprint density at radius 1 is 1.50 bits per heavy atom. The summed E-state index contributed by atoms with van der Waals surface area (Å²) in [6.45, 7) is 0.987. The van der Waals surface area contributed by atoms with Crippen molar-refractivity contribution in [2.24, 2.45) is 5.73 Å². The van der Waals surface area contributed by atoms with Crippen LogP contribution in [0.1, 0.15) is 0 Å². The Hall–Kier alpha value is -1.13. The highest BCUT2D eigenvalue weighted by atomic mass is 35.5. The van der Waals surface area contributed by atoms with Crippen LogP contribution in [0.5, 0.6) is 0 Å². The molecule has 0 saturated carbocycles. The third-order valence-corrected chi connectivity index (χ3v) is 2.30. The molecule has 0 bridgehead atoms.